The maximum absolute atomic E-state index is 12.1. The number of hydrogen-bond donors (Lipinski definition) is 2. The Morgan fingerprint density at radius 3 is 2.88 bits per heavy atom. The number of amides is 1. The van der Waals surface area contributed by atoms with Crippen molar-refractivity contribution in [2.75, 3.05) is 13.2 Å². The van der Waals surface area contributed by atoms with Crippen molar-refractivity contribution in [3.05, 3.63) is 48.4 Å². The van der Waals surface area contributed by atoms with Crippen LogP contribution in [0.3, 0.4) is 0 Å². The minimum Gasteiger partial charge on any atom is -0.489 e. The summed E-state index contributed by atoms with van der Waals surface area (Å²) in [5.74, 6) is 0.279. The van der Waals surface area contributed by atoms with Crippen LogP contribution in [-0.4, -0.2) is 40.8 Å². The van der Waals surface area contributed by atoms with Gasteiger partial charge >= 0.3 is 0 Å². The van der Waals surface area contributed by atoms with Crippen molar-refractivity contribution in [1.29, 1.82) is 0 Å². The Balaban J connectivity index is 1.60. The predicted octanol–water partition coefficient (Wildman–Crippen LogP) is 2.48. The second-order valence-electron chi connectivity index (χ2n) is 5.70. The van der Waals surface area contributed by atoms with Gasteiger partial charge in [-0.3, -0.25) is 4.79 Å². The van der Waals surface area contributed by atoms with Gasteiger partial charge in [-0.25, -0.2) is 15.0 Å². The predicted molar refractivity (Wildman–Crippen MR) is 93.1 cm³/mol. The van der Waals surface area contributed by atoms with Crippen LogP contribution in [0.2, 0.25) is 0 Å². The number of ether oxygens (including phenoxy) is 2. The SMILES string of the molecule is CC1OCCN(Sc2ccc(OCc3ccoc3)cc2)[C@H]1C(=O)NOO. The first-order valence-corrected chi connectivity index (χ1v) is 8.85. The van der Waals surface area contributed by atoms with Crippen molar-refractivity contribution in [3.63, 3.8) is 0 Å². The zero-order chi connectivity index (χ0) is 18.4. The van der Waals surface area contributed by atoms with Crippen molar-refractivity contribution in [3.8, 4) is 5.75 Å². The molecule has 1 amide bonds. The highest BCUT2D eigenvalue weighted by Crippen LogP contribution is 2.30. The van der Waals surface area contributed by atoms with E-state index in [9.17, 15) is 4.79 Å². The van der Waals surface area contributed by atoms with Gasteiger partial charge in [-0.15, -0.1) is 4.99 Å². The zero-order valence-electron chi connectivity index (χ0n) is 14.2. The van der Waals surface area contributed by atoms with Crippen LogP contribution in [0.25, 0.3) is 0 Å². The normalized spacial score (nSPS) is 20.7. The molecule has 0 bridgehead atoms. The molecule has 0 spiro atoms. The summed E-state index contributed by atoms with van der Waals surface area (Å²) < 4.78 is 18.1. The van der Waals surface area contributed by atoms with E-state index in [2.05, 4.69) is 4.99 Å². The molecule has 140 valence electrons. The summed E-state index contributed by atoms with van der Waals surface area (Å²) >= 11 is 1.44. The molecule has 1 aliphatic rings. The number of hydrogen-bond acceptors (Lipinski definition) is 8. The van der Waals surface area contributed by atoms with Gasteiger partial charge in [-0.05, 0) is 49.2 Å². The van der Waals surface area contributed by atoms with Gasteiger partial charge in [0.1, 0.15) is 18.4 Å². The Labute approximate surface area is 155 Å². The van der Waals surface area contributed by atoms with Crippen molar-refractivity contribution >= 4 is 17.9 Å². The molecular formula is C17H20N2O6S. The Morgan fingerprint density at radius 1 is 1.38 bits per heavy atom. The van der Waals surface area contributed by atoms with Crippen LogP contribution in [0.1, 0.15) is 12.5 Å². The molecule has 26 heavy (non-hydrogen) atoms. The van der Waals surface area contributed by atoms with Crippen LogP contribution < -0.4 is 10.2 Å². The van der Waals surface area contributed by atoms with Gasteiger partial charge in [0.25, 0.3) is 5.91 Å². The van der Waals surface area contributed by atoms with Gasteiger partial charge in [0, 0.05) is 17.0 Å². The molecule has 1 aromatic carbocycles. The fourth-order valence-corrected chi connectivity index (χ4v) is 3.69. The van der Waals surface area contributed by atoms with Crippen LogP contribution >= 0.6 is 11.9 Å². The quantitative estimate of drug-likeness (QED) is 0.430. The topological polar surface area (TPSA) is 93.4 Å². The molecule has 3 rings (SSSR count). The second-order valence-corrected chi connectivity index (χ2v) is 6.82. The Morgan fingerprint density at radius 2 is 2.19 bits per heavy atom. The summed E-state index contributed by atoms with van der Waals surface area (Å²) in [7, 11) is 0. The van der Waals surface area contributed by atoms with E-state index < -0.39 is 11.9 Å². The average molecular weight is 380 g/mol. The second kappa shape index (κ2) is 9.06. The fourth-order valence-electron chi connectivity index (χ4n) is 2.62. The third-order valence-electron chi connectivity index (χ3n) is 3.89. The van der Waals surface area contributed by atoms with Gasteiger partial charge in [0.2, 0.25) is 0 Å². The molecule has 9 heteroatoms. The molecule has 2 aromatic rings. The Hall–Kier alpha value is -2.04. The van der Waals surface area contributed by atoms with E-state index in [1.807, 2.05) is 40.1 Å². The summed E-state index contributed by atoms with van der Waals surface area (Å²) in [6.07, 6.45) is 2.92. The van der Waals surface area contributed by atoms with E-state index in [1.54, 1.807) is 19.5 Å². The molecule has 1 aliphatic heterocycles. The molecule has 2 atom stereocenters. The Kier molecular flexibility index (Phi) is 6.53. The molecule has 8 nitrogen and oxygen atoms in total. The van der Waals surface area contributed by atoms with E-state index in [-0.39, 0.29) is 6.10 Å². The maximum atomic E-state index is 12.1. The summed E-state index contributed by atoms with van der Waals surface area (Å²) in [4.78, 5) is 16.8. The lowest BCUT2D eigenvalue weighted by molar-refractivity contribution is -0.286. The monoisotopic (exact) mass is 380 g/mol. The number of benzene rings is 1. The molecule has 0 aliphatic carbocycles. The number of nitrogens with one attached hydrogen (secondary N) is 1. The highest BCUT2D eigenvalue weighted by Gasteiger charge is 2.36. The van der Waals surface area contributed by atoms with E-state index in [1.165, 1.54) is 11.9 Å². The third-order valence-corrected chi connectivity index (χ3v) is 5.02. The van der Waals surface area contributed by atoms with Crippen LogP contribution in [-0.2, 0) is 21.1 Å². The maximum Gasteiger partial charge on any atom is 0.266 e. The molecule has 1 saturated heterocycles. The van der Waals surface area contributed by atoms with Gasteiger partial charge < -0.3 is 13.9 Å². The summed E-state index contributed by atoms with van der Waals surface area (Å²) in [5, 5.41) is 8.46. The van der Waals surface area contributed by atoms with Gasteiger partial charge in [-0.2, -0.15) is 0 Å². The number of rotatable bonds is 7. The number of carbonyl (C=O) groups excluding carboxylic acids is 1. The van der Waals surface area contributed by atoms with E-state index >= 15 is 0 Å². The number of furan rings is 1. The summed E-state index contributed by atoms with van der Waals surface area (Å²) in [6.45, 7) is 3.33. The van der Waals surface area contributed by atoms with E-state index in [0.29, 0.717) is 19.8 Å². The third kappa shape index (κ3) is 4.77. The summed E-state index contributed by atoms with van der Waals surface area (Å²) in [5.41, 5.74) is 2.92. The minimum absolute atomic E-state index is 0.330. The number of morpholine rings is 1. The first-order chi connectivity index (χ1) is 12.7. The molecule has 2 N–H and O–H groups in total. The van der Waals surface area contributed by atoms with Crippen LogP contribution in [0.4, 0.5) is 0 Å². The van der Waals surface area contributed by atoms with Gasteiger partial charge in [0.15, 0.2) is 0 Å². The number of nitrogens with zero attached hydrogens (tertiary/aromatic N) is 1. The first kappa shape index (κ1) is 18.7. The average Bonchev–Trinajstić information content (AvgIpc) is 3.15. The molecule has 1 unspecified atom stereocenters. The first-order valence-electron chi connectivity index (χ1n) is 8.08. The molecule has 0 radical (unpaired) electrons. The van der Waals surface area contributed by atoms with Crippen molar-refractivity contribution in [1.82, 2.24) is 9.79 Å². The van der Waals surface area contributed by atoms with Gasteiger partial charge in [0.05, 0.1) is 25.2 Å². The molecule has 1 fully saturated rings. The molecule has 1 aromatic heterocycles. The van der Waals surface area contributed by atoms with Crippen LogP contribution in [0.15, 0.2) is 52.2 Å². The number of carbonyl (C=O) groups is 1. The zero-order valence-corrected chi connectivity index (χ0v) is 15.0. The molecule has 0 saturated carbocycles. The van der Waals surface area contributed by atoms with Crippen LogP contribution in [0.5, 0.6) is 5.75 Å². The Bertz CT molecular complexity index is 694. The number of hydroxylamine groups is 1. The fraction of sp³-hybridized carbons (Fsp3) is 0.353. The van der Waals surface area contributed by atoms with E-state index in [4.69, 9.17) is 19.1 Å². The lowest BCUT2D eigenvalue weighted by Gasteiger charge is -2.37. The lowest BCUT2D eigenvalue weighted by Crippen LogP contribution is -2.54. The lowest BCUT2D eigenvalue weighted by atomic mass is 10.1. The van der Waals surface area contributed by atoms with Crippen molar-refractivity contribution in [2.45, 2.75) is 30.6 Å². The van der Waals surface area contributed by atoms with E-state index in [0.717, 1.165) is 16.2 Å². The molecular weight excluding hydrogens is 360 g/mol. The van der Waals surface area contributed by atoms with Crippen LogP contribution in [0, 0.1) is 0 Å². The smallest absolute Gasteiger partial charge is 0.266 e. The highest BCUT2D eigenvalue weighted by atomic mass is 32.2. The van der Waals surface area contributed by atoms with Crippen molar-refractivity contribution in [2.24, 2.45) is 0 Å². The minimum atomic E-state index is -0.585. The van der Waals surface area contributed by atoms with Gasteiger partial charge in [-0.1, -0.05) is 0 Å². The highest BCUT2D eigenvalue weighted by molar-refractivity contribution is 7.97. The standard InChI is InChI=1S/C17H20N2O6S/c1-12-16(17(20)18-25-21)19(7-9-23-12)26-15-4-2-14(3-5-15)24-11-13-6-8-22-10-13/h2-6,8,10,12,16,21H,7,9,11H2,1H3,(H,18,20)/t12?,16-/m1/s1. The van der Waals surface area contributed by atoms with Crippen molar-refractivity contribution < 1.29 is 28.9 Å². The molecule has 2 heterocycles. The largest absolute Gasteiger partial charge is 0.489 e. The summed E-state index contributed by atoms with van der Waals surface area (Å²) in [6, 6.07) is 8.86.